The van der Waals surface area contributed by atoms with Gasteiger partial charge in [0.1, 0.15) is 0 Å². The Morgan fingerprint density at radius 3 is 2.94 bits per heavy atom. The first-order valence-electron chi connectivity index (χ1n) is 5.38. The highest BCUT2D eigenvalue weighted by Crippen LogP contribution is 1.99. The van der Waals surface area contributed by atoms with Gasteiger partial charge in [-0.25, -0.2) is 0 Å². The summed E-state index contributed by atoms with van der Waals surface area (Å²) in [6.45, 7) is 3.44. The fourth-order valence-electron chi connectivity index (χ4n) is 1.42. The van der Waals surface area contributed by atoms with Crippen molar-refractivity contribution in [2.45, 2.75) is 25.9 Å². The van der Waals surface area contributed by atoms with Crippen molar-refractivity contribution in [3.63, 3.8) is 0 Å². The first kappa shape index (κ1) is 12.5. The molecule has 1 aromatic heterocycles. The monoisotopic (exact) mass is 219 g/mol. The van der Waals surface area contributed by atoms with Gasteiger partial charge in [0, 0.05) is 31.4 Å². The van der Waals surface area contributed by atoms with Crippen LogP contribution in [0.15, 0.2) is 29.2 Å². The number of hydrogen-bond acceptors (Lipinski definition) is 3. The fourth-order valence-corrected chi connectivity index (χ4v) is 1.42. The largest absolute Gasteiger partial charge is 0.314 e. The number of nitrogens with zero attached hydrogens (tertiary/aromatic N) is 3. The molecule has 0 fully saturated rings. The summed E-state index contributed by atoms with van der Waals surface area (Å²) in [4.78, 5) is 13.5. The van der Waals surface area contributed by atoms with Crippen molar-refractivity contribution in [3.05, 3.63) is 34.7 Å². The van der Waals surface area contributed by atoms with Gasteiger partial charge in [0.25, 0.3) is 5.56 Å². The molecule has 16 heavy (non-hydrogen) atoms. The van der Waals surface area contributed by atoms with Crippen LogP contribution in [-0.4, -0.2) is 29.1 Å². The van der Waals surface area contributed by atoms with Crippen LogP contribution in [0.2, 0.25) is 0 Å². The minimum Gasteiger partial charge on any atom is -0.314 e. The Morgan fingerprint density at radius 1 is 1.56 bits per heavy atom. The smallest absolute Gasteiger partial charge is 0.250 e. The number of pyridine rings is 1. The Kier molecular flexibility index (Phi) is 4.74. The van der Waals surface area contributed by atoms with E-state index in [2.05, 4.69) is 11.0 Å². The lowest BCUT2D eigenvalue weighted by molar-refractivity contribution is 0.249. The number of rotatable bonds is 5. The zero-order valence-corrected chi connectivity index (χ0v) is 9.76. The van der Waals surface area contributed by atoms with Gasteiger partial charge in [0.2, 0.25) is 0 Å². The van der Waals surface area contributed by atoms with Gasteiger partial charge in [0.15, 0.2) is 0 Å². The molecule has 4 nitrogen and oxygen atoms in total. The molecule has 0 aliphatic heterocycles. The van der Waals surface area contributed by atoms with E-state index >= 15 is 0 Å². The predicted molar refractivity (Wildman–Crippen MR) is 63.0 cm³/mol. The van der Waals surface area contributed by atoms with Gasteiger partial charge < -0.3 is 9.47 Å². The van der Waals surface area contributed by atoms with Crippen LogP contribution in [0.1, 0.15) is 13.3 Å². The lowest BCUT2D eigenvalue weighted by Gasteiger charge is -2.22. The molecular formula is C12H17N3O. The Hall–Kier alpha value is -1.60. The van der Waals surface area contributed by atoms with Crippen molar-refractivity contribution >= 4 is 0 Å². The first-order chi connectivity index (χ1) is 7.65. The molecule has 0 spiro atoms. The van der Waals surface area contributed by atoms with E-state index in [-0.39, 0.29) is 11.6 Å². The highest BCUT2D eigenvalue weighted by atomic mass is 16.1. The highest BCUT2D eigenvalue weighted by Gasteiger charge is 2.08. The van der Waals surface area contributed by atoms with Crippen molar-refractivity contribution < 1.29 is 0 Å². The SMILES string of the molecule is CC(CC#N)N(C)CCn1ccccc1=O. The molecule has 0 saturated carbocycles. The standard InChI is InChI=1S/C12H17N3O/c1-11(6-7-13)14(2)9-10-15-8-4-3-5-12(15)16/h3-5,8,11H,6,9-10H2,1-2H3. The van der Waals surface area contributed by atoms with Gasteiger partial charge in [-0.2, -0.15) is 5.26 Å². The topological polar surface area (TPSA) is 49.0 Å². The Morgan fingerprint density at radius 2 is 2.31 bits per heavy atom. The van der Waals surface area contributed by atoms with Crippen LogP contribution in [0.3, 0.4) is 0 Å². The number of aromatic nitrogens is 1. The van der Waals surface area contributed by atoms with E-state index in [4.69, 9.17) is 5.26 Å². The molecule has 0 N–H and O–H groups in total. The quantitative estimate of drug-likeness (QED) is 0.744. The maximum atomic E-state index is 11.4. The summed E-state index contributed by atoms with van der Waals surface area (Å²) >= 11 is 0. The van der Waals surface area contributed by atoms with Crippen LogP contribution in [0.4, 0.5) is 0 Å². The van der Waals surface area contributed by atoms with Crippen molar-refractivity contribution in [1.29, 1.82) is 5.26 Å². The second-order valence-corrected chi connectivity index (χ2v) is 3.92. The minimum absolute atomic E-state index is 0.0174. The van der Waals surface area contributed by atoms with Gasteiger partial charge in [-0.3, -0.25) is 4.79 Å². The maximum Gasteiger partial charge on any atom is 0.250 e. The van der Waals surface area contributed by atoms with E-state index in [1.54, 1.807) is 22.9 Å². The molecule has 1 atom stereocenters. The van der Waals surface area contributed by atoms with Crippen molar-refractivity contribution in [1.82, 2.24) is 9.47 Å². The van der Waals surface area contributed by atoms with E-state index in [1.165, 1.54) is 0 Å². The van der Waals surface area contributed by atoms with E-state index in [9.17, 15) is 4.79 Å². The second-order valence-electron chi connectivity index (χ2n) is 3.92. The van der Waals surface area contributed by atoms with Crippen LogP contribution in [0.25, 0.3) is 0 Å². The van der Waals surface area contributed by atoms with E-state index in [1.807, 2.05) is 20.0 Å². The second kappa shape index (κ2) is 6.09. The molecule has 1 unspecified atom stereocenters. The molecule has 4 heteroatoms. The van der Waals surface area contributed by atoms with Gasteiger partial charge in [-0.15, -0.1) is 0 Å². The summed E-state index contributed by atoms with van der Waals surface area (Å²) in [6.07, 6.45) is 2.30. The third kappa shape index (κ3) is 3.52. The third-order valence-electron chi connectivity index (χ3n) is 2.73. The molecule has 86 valence electrons. The van der Waals surface area contributed by atoms with E-state index in [0.717, 1.165) is 6.54 Å². The third-order valence-corrected chi connectivity index (χ3v) is 2.73. The zero-order valence-electron chi connectivity index (χ0n) is 9.76. The Bertz CT molecular complexity index is 419. The van der Waals surface area contributed by atoms with Gasteiger partial charge in [-0.1, -0.05) is 6.07 Å². The molecule has 0 radical (unpaired) electrons. The number of likely N-dealkylation sites (N-methyl/N-ethyl adjacent to an activating group) is 1. The van der Waals surface area contributed by atoms with Crippen molar-refractivity contribution in [2.24, 2.45) is 0 Å². The summed E-state index contributed by atoms with van der Waals surface area (Å²) in [5, 5.41) is 8.58. The van der Waals surface area contributed by atoms with Crippen LogP contribution < -0.4 is 5.56 Å². The van der Waals surface area contributed by atoms with Crippen LogP contribution in [0, 0.1) is 11.3 Å². The highest BCUT2D eigenvalue weighted by molar-refractivity contribution is 4.93. The molecule has 1 aromatic rings. The summed E-state index contributed by atoms with van der Waals surface area (Å²) < 4.78 is 1.68. The van der Waals surface area contributed by atoms with Crippen LogP contribution in [-0.2, 0) is 6.54 Å². The number of nitriles is 1. The van der Waals surface area contributed by atoms with Gasteiger partial charge in [-0.05, 0) is 20.0 Å². The van der Waals surface area contributed by atoms with Crippen molar-refractivity contribution in [2.75, 3.05) is 13.6 Å². The van der Waals surface area contributed by atoms with Crippen molar-refractivity contribution in [3.8, 4) is 6.07 Å². The van der Waals surface area contributed by atoms with E-state index in [0.29, 0.717) is 13.0 Å². The summed E-state index contributed by atoms with van der Waals surface area (Å²) in [6, 6.07) is 7.51. The maximum absolute atomic E-state index is 11.4. The number of hydrogen-bond donors (Lipinski definition) is 0. The zero-order chi connectivity index (χ0) is 12.0. The summed E-state index contributed by atoms with van der Waals surface area (Å²) in [5.41, 5.74) is 0.0174. The lowest BCUT2D eigenvalue weighted by atomic mass is 10.2. The summed E-state index contributed by atoms with van der Waals surface area (Å²) in [7, 11) is 1.97. The molecule has 0 aromatic carbocycles. The molecular weight excluding hydrogens is 202 g/mol. The van der Waals surface area contributed by atoms with Crippen LogP contribution >= 0.6 is 0 Å². The average Bonchev–Trinajstić information content (AvgIpc) is 2.28. The Labute approximate surface area is 95.7 Å². The Balaban J connectivity index is 2.50. The van der Waals surface area contributed by atoms with Crippen LogP contribution in [0.5, 0.6) is 0 Å². The van der Waals surface area contributed by atoms with E-state index < -0.39 is 0 Å². The van der Waals surface area contributed by atoms with Gasteiger partial charge in [0.05, 0.1) is 12.5 Å². The molecule has 0 amide bonds. The normalized spacial score (nSPS) is 12.4. The average molecular weight is 219 g/mol. The molecule has 0 saturated heterocycles. The van der Waals surface area contributed by atoms with Gasteiger partial charge >= 0.3 is 0 Å². The fraction of sp³-hybridized carbons (Fsp3) is 0.500. The molecule has 1 rings (SSSR count). The molecule has 0 bridgehead atoms. The first-order valence-corrected chi connectivity index (χ1v) is 5.38. The molecule has 0 aliphatic carbocycles. The lowest BCUT2D eigenvalue weighted by Crippen LogP contribution is -2.33. The predicted octanol–water partition coefficient (Wildman–Crippen LogP) is 1.08. The minimum atomic E-state index is 0.0174. The summed E-state index contributed by atoms with van der Waals surface area (Å²) in [5.74, 6) is 0. The molecule has 1 heterocycles. The molecule has 0 aliphatic rings.